The van der Waals surface area contributed by atoms with Gasteiger partial charge in [0, 0.05) is 29.4 Å². The van der Waals surface area contributed by atoms with E-state index >= 15 is 0 Å². The highest BCUT2D eigenvalue weighted by atomic mass is 19.1. The maximum atomic E-state index is 13.7. The van der Waals surface area contributed by atoms with Gasteiger partial charge < -0.3 is 0 Å². The quantitative estimate of drug-likeness (QED) is 0.252. The van der Waals surface area contributed by atoms with E-state index in [0.29, 0.717) is 28.3 Å². The van der Waals surface area contributed by atoms with Gasteiger partial charge in [-0.05, 0) is 67.9 Å². The molecule has 5 aromatic rings. The second kappa shape index (κ2) is 9.43. The van der Waals surface area contributed by atoms with Gasteiger partial charge in [-0.15, -0.1) is 0 Å². The summed E-state index contributed by atoms with van der Waals surface area (Å²) in [6.45, 7) is 3.35. The average Bonchev–Trinajstić information content (AvgIpc) is 3.36. The summed E-state index contributed by atoms with van der Waals surface area (Å²) in [7, 11) is 0. The SMILES string of the molecule is Cc1[nH]n(-c2ccc(F)cc2)c(=O)c1C(c1ccc([N+](=O)[O-])cc1)c1c(C)[nH]n(-c2ccc(F)cc2)c1=O. The van der Waals surface area contributed by atoms with Gasteiger partial charge in [-0.1, -0.05) is 12.1 Å². The van der Waals surface area contributed by atoms with E-state index in [1.165, 1.54) is 82.2 Å². The Labute approximate surface area is 213 Å². The first-order valence-corrected chi connectivity index (χ1v) is 11.5. The first-order valence-electron chi connectivity index (χ1n) is 11.5. The molecular weight excluding hydrogens is 496 g/mol. The molecule has 0 amide bonds. The summed E-state index contributed by atoms with van der Waals surface area (Å²) in [4.78, 5) is 38.2. The van der Waals surface area contributed by atoms with E-state index in [1.807, 2.05) is 0 Å². The van der Waals surface area contributed by atoms with Crippen LogP contribution >= 0.6 is 0 Å². The van der Waals surface area contributed by atoms with Gasteiger partial charge in [-0.3, -0.25) is 29.9 Å². The molecule has 0 unspecified atom stereocenters. The van der Waals surface area contributed by atoms with Crippen LogP contribution in [-0.4, -0.2) is 24.5 Å². The fourth-order valence-electron chi connectivity index (χ4n) is 4.61. The Morgan fingerprint density at radius 2 is 1.11 bits per heavy atom. The second-order valence-electron chi connectivity index (χ2n) is 8.82. The first-order chi connectivity index (χ1) is 18.2. The van der Waals surface area contributed by atoms with Crippen LogP contribution in [0.25, 0.3) is 11.4 Å². The number of non-ortho nitro benzene ring substituents is 1. The molecular formula is C27H21F2N5O4. The molecule has 0 bridgehead atoms. The molecule has 0 fully saturated rings. The van der Waals surface area contributed by atoms with Gasteiger partial charge in [-0.2, -0.15) is 0 Å². The summed E-state index contributed by atoms with van der Waals surface area (Å²) in [5.74, 6) is -1.83. The third-order valence-electron chi connectivity index (χ3n) is 6.42. The minimum Gasteiger partial charge on any atom is -0.295 e. The number of nitro groups is 1. The van der Waals surface area contributed by atoms with E-state index in [2.05, 4.69) is 10.2 Å². The topological polar surface area (TPSA) is 119 Å². The lowest BCUT2D eigenvalue weighted by Gasteiger charge is -2.15. The van der Waals surface area contributed by atoms with E-state index in [9.17, 15) is 28.5 Å². The Bertz CT molecular complexity index is 1660. The predicted molar refractivity (Wildman–Crippen MR) is 136 cm³/mol. The molecule has 0 radical (unpaired) electrons. The summed E-state index contributed by atoms with van der Waals surface area (Å²) >= 11 is 0. The fourth-order valence-corrected chi connectivity index (χ4v) is 4.61. The van der Waals surface area contributed by atoms with Crippen LogP contribution in [0.1, 0.15) is 34.0 Å². The fraction of sp³-hybridized carbons (Fsp3) is 0.111. The molecule has 2 aromatic heterocycles. The number of halogens is 2. The van der Waals surface area contributed by atoms with Crippen LogP contribution in [-0.2, 0) is 0 Å². The van der Waals surface area contributed by atoms with E-state index in [-0.39, 0.29) is 16.8 Å². The number of aryl methyl sites for hydroxylation is 2. The number of nitrogens with zero attached hydrogens (tertiary/aromatic N) is 3. The Hall–Kier alpha value is -5.06. The van der Waals surface area contributed by atoms with Crippen LogP contribution in [0.4, 0.5) is 14.5 Å². The van der Waals surface area contributed by atoms with Gasteiger partial charge in [0.1, 0.15) is 11.6 Å². The molecule has 0 aliphatic rings. The summed E-state index contributed by atoms with van der Waals surface area (Å²) in [5, 5.41) is 17.2. The number of H-pyrrole nitrogens is 2. The van der Waals surface area contributed by atoms with Crippen molar-refractivity contribution in [3.63, 3.8) is 0 Å². The lowest BCUT2D eigenvalue weighted by atomic mass is 9.85. The molecule has 0 saturated heterocycles. The van der Waals surface area contributed by atoms with E-state index in [0.717, 1.165) is 0 Å². The minimum absolute atomic E-state index is 0.142. The number of benzene rings is 3. The maximum absolute atomic E-state index is 13.7. The van der Waals surface area contributed by atoms with Gasteiger partial charge in [0.2, 0.25) is 0 Å². The maximum Gasteiger partial charge on any atom is 0.275 e. The monoisotopic (exact) mass is 517 g/mol. The van der Waals surface area contributed by atoms with Gasteiger partial charge in [0.05, 0.1) is 27.4 Å². The predicted octanol–water partition coefficient (Wildman–Crippen LogP) is 4.63. The highest BCUT2D eigenvalue weighted by Gasteiger charge is 2.31. The van der Waals surface area contributed by atoms with Crippen LogP contribution in [0.3, 0.4) is 0 Å². The summed E-state index contributed by atoms with van der Waals surface area (Å²) in [6.07, 6.45) is 0. The highest BCUT2D eigenvalue weighted by Crippen LogP contribution is 2.33. The molecule has 2 heterocycles. The largest absolute Gasteiger partial charge is 0.295 e. The van der Waals surface area contributed by atoms with Crippen LogP contribution < -0.4 is 11.1 Å². The van der Waals surface area contributed by atoms with Crippen molar-refractivity contribution >= 4 is 5.69 Å². The van der Waals surface area contributed by atoms with Crippen molar-refractivity contribution in [1.29, 1.82) is 0 Å². The van der Waals surface area contributed by atoms with Crippen molar-refractivity contribution in [3.05, 3.63) is 143 Å². The molecule has 38 heavy (non-hydrogen) atoms. The molecule has 0 aliphatic carbocycles. The molecule has 0 atom stereocenters. The molecule has 9 nitrogen and oxygen atoms in total. The number of aromatic amines is 2. The summed E-state index contributed by atoms with van der Waals surface area (Å²) in [5.41, 5.74) is 1.58. The van der Waals surface area contributed by atoms with Crippen LogP contribution in [0.2, 0.25) is 0 Å². The number of hydrogen-bond donors (Lipinski definition) is 2. The number of rotatable bonds is 6. The zero-order valence-electron chi connectivity index (χ0n) is 20.2. The number of nitrogens with one attached hydrogen (secondary N) is 2. The Morgan fingerprint density at radius 1 is 0.711 bits per heavy atom. The van der Waals surface area contributed by atoms with Gasteiger partial charge >= 0.3 is 0 Å². The van der Waals surface area contributed by atoms with Crippen molar-refractivity contribution in [1.82, 2.24) is 19.6 Å². The number of aromatic nitrogens is 4. The standard InChI is InChI=1S/C27H21F2N5O4/c1-15-23(26(35)32(30-15)20-11-5-18(28)6-12-20)25(17-3-9-22(10-4-17)34(37)38)24-16(2)31-33(27(24)36)21-13-7-19(29)8-14-21/h3-14,25,30-31H,1-2H3. The molecule has 5 rings (SSSR count). The lowest BCUT2D eigenvalue weighted by Crippen LogP contribution is -2.25. The summed E-state index contributed by atoms with van der Waals surface area (Å²) in [6, 6.07) is 16.3. The lowest BCUT2D eigenvalue weighted by molar-refractivity contribution is -0.384. The van der Waals surface area contributed by atoms with Crippen molar-refractivity contribution in [2.24, 2.45) is 0 Å². The average molecular weight is 517 g/mol. The molecule has 2 N–H and O–H groups in total. The number of nitro benzene ring substituents is 1. The van der Waals surface area contributed by atoms with Gasteiger partial charge in [0.25, 0.3) is 16.8 Å². The zero-order chi connectivity index (χ0) is 27.1. The first kappa shape index (κ1) is 24.6. The normalized spacial score (nSPS) is 11.3. The Kier molecular flexibility index (Phi) is 6.11. The van der Waals surface area contributed by atoms with Gasteiger partial charge in [-0.25, -0.2) is 18.1 Å². The van der Waals surface area contributed by atoms with Crippen LogP contribution in [0.5, 0.6) is 0 Å². The number of hydrogen-bond acceptors (Lipinski definition) is 4. The molecule has 0 aliphatic heterocycles. The third kappa shape index (κ3) is 4.23. The van der Waals surface area contributed by atoms with Crippen molar-refractivity contribution < 1.29 is 13.7 Å². The second-order valence-corrected chi connectivity index (χ2v) is 8.82. The molecule has 11 heteroatoms. The Morgan fingerprint density at radius 3 is 1.47 bits per heavy atom. The van der Waals surface area contributed by atoms with Gasteiger partial charge in [0.15, 0.2) is 0 Å². The molecule has 192 valence electrons. The summed E-state index contributed by atoms with van der Waals surface area (Å²) < 4.78 is 29.5. The molecule has 0 saturated carbocycles. The molecule has 3 aromatic carbocycles. The van der Waals surface area contributed by atoms with Crippen LogP contribution in [0.15, 0.2) is 82.4 Å². The van der Waals surface area contributed by atoms with E-state index in [1.54, 1.807) is 13.8 Å². The van der Waals surface area contributed by atoms with Crippen molar-refractivity contribution in [3.8, 4) is 11.4 Å². The van der Waals surface area contributed by atoms with E-state index < -0.39 is 33.6 Å². The smallest absolute Gasteiger partial charge is 0.275 e. The highest BCUT2D eigenvalue weighted by molar-refractivity contribution is 5.49. The minimum atomic E-state index is -0.910. The van der Waals surface area contributed by atoms with Crippen molar-refractivity contribution in [2.75, 3.05) is 0 Å². The molecule has 0 spiro atoms. The Balaban J connectivity index is 1.75. The van der Waals surface area contributed by atoms with Crippen molar-refractivity contribution in [2.45, 2.75) is 19.8 Å². The third-order valence-corrected chi connectivity index (χ3v) is 6.42. The van der Waals surface area contributed by atoms with Crippen LogP contribution in [0, 0.1) is 35.6 Å². The zero-order valence-corrected chi connectivity index (χ0v) is 20.2. The van der Waals surface area contributed by atoms with E-state index in [4.69, 9.17) is 0 Å².